The molecule has 0 aliphatic carbocycles. The van der Waals surface area contributed by atoms with E-state index in [0.717, 1.165) is 5.56 Å². The third kappa shape index (κ3) is 6.24. The molecule has 0 saturated heterocycles. The molecular weight excluding hydrogens is 444 g/mol. The number of hydrogen-bond donors (Lipinski definition) is 2. The number of sulfonamides is 1. The minimum Gasteiger partial charge on any atom is -0.497 e. The second-order valence-electron chi connectivity index (χ2n) is 7.10. The molecule has 0 aliphatic heterocycles. The molecule has 0 fully saturated rings. The summed E-state index contributed by atoms with van der Waals surface area (Å²) in [6, 6.07) is 19.1. The molecule has 0 spiro atoms. The second kappa shape index (κ2) is 10.8. The lowest BCUT2D eigenvalue weighted by atomic mass is 10.1. The van der Waals surface area contributed by atoms with Gasteiger partial charge in [0.15, 0.2) is 11.5 Å². The zero-order valence-electron chi connectivity index (χ0n) is 18.6. The van der Waals surface area contributed by atoms with Crippen LogP contribution in [-0.2, 0) is 21.2 Å². The zero-order valence-corrected chi connectivity index (χ0v) is 19.4. The standard InChI is InChI=1S/C24H26N2O6S/c1-30-19-11-9-18(10-12-19)25-24(27)21(15-17-7-5-4-6-8-17)26-33(28,29)20-13-14-22(31-2)23(16-20)32-3/h4-14,16,21,26H,15H2,1-3H3,(H,25,27). The van der Waals surface area contributed by atoms with Gasteiger partial charge in [-0.25, -0.2) is 8.42 Å². The van der Waals surface area contributed by atoms with Crippen LogP contribution in [0.1, 0.15) is 5.56 Å². The van der Waals surface area contributed by atoms with Gasteiger partial charge in [-0.2, -0.15) is 4.72 Å². The number of nitrogens with one attached hydrogen (secondary N) is 2. The van der Waals surface area contributed by atoms with E-state index in [1.807, 2.05) is 30.3 Å². The Kier molecular flexibility index (Phi) is 7.92. The summed E-state index contributed by atoms with van der Waals surface area (Å²) in [4.78, 5) is 13.0. The monoisotopic (exact) mass is 470 g/mol. The number of carbonyl (C=O) groups excluding carboxylic acids is 1. The molecule has 33 heavy (non-hydrogen) atoms. The van der Waals surface area contributed by atoms with Crippen molar-refractivity contribution in [3.63, 3.8) is 0 Å². The van der Waals surface area contributed by atoms with Crippen LogP contribution < -0.4 is 24.2 Å². The van der Waals surface area contributed by atoms with Gasteiger partial charge in [0.2, 0.25) is 15.9 Å². The molecule has 1 atom stereocenters. The van der Waals surface area contributed by atoms with E-state index in [0.29, 0.717) is 17.2 Å². The van der Waals surface area contributed by atoms with Gasteiger partial charge >= 0.3 is 0 Å². The van der Waals surface area contributed by atoms with Gasteiger partial charge in [0.05, 0.1) is 26.2 Å². The molecule has 1 amide bonds. The van der Waals surface area contributed by atoms with Crippen molar-refractivity contribution in [1.82, 2.24) is 4.72 Å². The number of benzene rings is 3. The molecule has 2 N–H and O–H groups in total. The van der Waals surface area contributed by atoms with Crippen molar-refractivity contribution in [1.29, 1.82) is 0 Å². The SMILES string of the molecule is COc1ccc(NC(=O)C(Cc2ccccc2)NS(=O)(=O)c2ccc(OC)c(OC)c2)cc1. The Morgan fingerprint density at radius 2 is 1.52 bits per heavy atom. The number of amides is 1. The average molecular weight is 471 g/mol. The Morgan fingerprint density at radius 1 is 0.848 bits per heavy atom. The van der Waals surface area contributed by atoms with Crippen LogP contribution in [0, 0.1) is 0 Å². The molecule has 9 heteroatoms. The third-order valence-electron chi connectivity index (χ3n) is 4.92. The molecule has 3 aromatic rings. The maximum Gasteiger partial charge on any atom is 0.242 e. The first-order chi connectivity index (χ1) is 15.9. The largest absolute Gasteiger partial charge is 0.497 e. The van der Waals surface area contributed by atoms with E-state index >= 15 is 0 Å². The van der Waals surface area contributed by atoms with E-state index in [1.54, 1.807) is 31.4 Å². The van der Waals surface area contributed by atoms with Gasteiger partial charge in [0.25, 0.3) is 0 Å². The number of carbonyl (C=O) groups is 1. The fraction of sp³-hybridized carbons (Fsp3) is 0.208. The third-order valence-corrected chi connectivity index (χ3v) is 6.39. The first kappa shape index (κ1) is 24.1. The van der Waals surface area contributed by atoms with Crippen LogP contribution in [0.5, 0.6) is 17.2 Å². The molecule has 0 aromatic heterocycles. The summed E-state index contributed by atoms with van der Waals surface area (Å²) in [5.41, 5.74) is 1.33. The summed E-state index contributed by atoms with van der Waals surface area (Å²) in [5, 5.41) is 2.76. The summed E-state index contributed by atoms with van der Waals surface area (Å²) in [6.45, 7) is 0. The van der Waals surface area contributed by atoms with E-state index in [1.165, 1.54) is 32.4 Å². The number of anilines is 1. The lowest BCUT2D eigenvalue weighted by Crippen LogP contribution is -2.45. The summed E-state index contributed by atoms with van der Waals surface area (Å²) >= 11 is 0. The van der Waals surface area contributed by atoms with Crippen molar-refractivity contribution >= 4 is 21.6 Å². The van der Waals surface area contributed by atoms with Gasteiger partial charge in [-0.3, -0.25) is 4.79 Å². The van der Waals surface area contributed by atoms with E-state index < -0.39 is 22.0 Å². The van der Waals surface area contributed by atoms with Crippen molar-refractivity contribution < 1.29 is 27.4 Å². The molecule has 1 unspecified atom stereocenters. The molecule has 174 valence electrons. The van der Waals surface area contributed by atoms with Crippen LogP contribution in [0.2, 0.25) is 0 Å². The summed E-state index contributed by atoms with van der Waals surface area (Å²) < 4.78 is 44.3. The first-order valence-electron chi connectivity index (χ1n) is 10.1. The lowest BCUT2D eigenvalue weighted by Gasteiger charge is -2.19. The minimum absolute atomic E-state index is 0.0459. The first-order valence-corrected chi connectivity index (χ1v) is 11.6. The molecule has 8 nitrogen and oxygen atoms in total. The van der Waals surface area contributed by atoms with E-state index in [9.17, 15) is 13.2 Å². The van der Waals surface area contributed by atoms with Gasteiger partial charge in [-0.1, -0.05) is 30.3 Å². The molecule has 0 saturated carbocycles. The number of methoxy groups -OCH3 is 3. The molecule has 0 radical (unpaired) electrons. The smallest absolute Gasteiger partial charge is 0.242 e. The van der Waals surface area contributed by atoms with E-state index in [2.05, 4.69) is 10.0 Å². The van der Waals surface area contributed by atoms with Gasteiger partial charge in [-0.15, -0.1) is 0 Å². The fourth-order valence-corrected chi connectivity index (χ4v) is 4.39. The highest BCUT2D eigenvalue weighted by Gasteiger charge is 2.27. The van der Waals surface area contributed by atoms with Crippen LogP contribution >= 0.6 is 0 Å². The van der Waals surface area contributed by atoms with Crippen LogP contribution in [-0.4, -0.2) is 41.7 Å². The second-order valence-corrected chi connectivity index (χ2v) is 8.81. The number of ether oxygens (including phenoxy) is 3. The summed E-state index contributed by atoms with van der Waals surface area (Å²) in [6.07, 6.45) is 0.162. The molecular formula is C24H26N2O6S. The maximum absolute atomic E-state index is 13.1. The highest BCUT2D eigenvalue weighted by molar-refractivity contribution is 7.89. The minimum atomic E-state index is -4.05. The van der Waals surface area contributed by atoms with Crippen molar-refractivity contribution in [2.24, 2.45) is 0 Å². The average Bonchev–Trinajstić information content (AvgIpc) is 2.84. The highest BCUT2D eigenvalue weighted by Crippen LogP contribution is 2.29. The fourth-order valence-electron chi connectivity index (χ4n) is 3.18. The normalized spacial score (nSPS) is 12.0. The summed E-state index contributed by atoms with van der Waals surface area (Å²) in [5.74, 6) is 0.813. The van der Waals surface area contributed by atoms with Crippen molar-refractivity contribution in [2.45, 2.75) is 17.4 Å². The number of rotatable bonds is 10. The lowest BCUT2D eigenvalue weighted by molar-refractivity contribution is -0.117. The Balaban J connectivity index is 1.87. The van der Waals surface area contributed by atoms with E-state index in [4.69, 9.17) is 14.2 Å². The molecule has 3 aromatic carbocycles. The maximum atomic E-state index is 13.1. The van der Waals surface area contributed by atoms with Crippen molar-refractivity contribution in [2.75, 3.05) is 26.6 Å². The quantitative estimate of drug-likeness (QED) is 0.472. The van der Waals surface area contributed by atoms with Gasteiger partial charge in [-0.05, 0) is 48.4 Å². The van der Waals surface area contributed by atoms with Gasteiger partial charge in [0.1, 0.15) is 11.8 Å². The van der Waals surface area contributed by atoms with Gasteiger partial charge in [0, 0.05) is 11.8 Å². The van der Waals surface area contributed by atoms with E-state index in [-0.39, 0.29) is 17.1 Å². The Bertz CT molecular complexity index is 1180. The Labute approximate surface area is 193 Å². The van der Waals surface area contributed by atoms with Crippen molar-refractivity contribution in [3.05, 3.63) is 78.4 Å². The molecule has 0 aliphatic rings. The van der Waals surface area contributed by atoms with Crippen molar-refractivity contribution in [3.8, 4) is 17.2 Å². The number of hydrogen-bond acceptors (Lipinski definition) is 6. The summed E-state index contributed by atoms with van der Waals surface area (Å²) in [7, 11) is 0.377. The topological polar surface area (TPSA) is 103 Å². The van der Waals surface area contributed by atoms with Crippen LogP contribution in [0.15, 0.2) is 77.7 Å². The predicted octanol–water partition coefficient (Wildman–Crippen LogP) is 3.24. The van der Waals surface area contributed by atoms with Gasteiger partial charge < -0.3 is 19.5 Å². The van der Waals surface area contributed by atoms with Crippen LogP contribution in [0.4, 0.5) is 5.69 Å². The van der Waals surface area contributed by atoms with Crippen LogP contribution in [0.3, 0.4) is 0 Å². The molecule has 3 rings (SSSR count). The van der Waals surface area contributed by atoms with Crippen LogP contribution in [0.25, 0.3) is 0 Å². The molecule has 0 heterocycles. The Hall–Kier alpha value is -3.56. The Morgan fingerprint density at radius 3 is 2.12 bits per heavy atom. The predicted molar refractivity (Wildman–Crippen MR) is 125 cm³/mol. The highest BCUT2D eigenvalue weighted by atomic mass is 32.2. The zero-order chi connectivity index (χ0) is 23.8. The molecule has 0 bridgehead atoms.